The van der Waals surface area contributed by atoms with Gasteiger partial charge >= 0.3 is 6.03 Å². The van der Waals surface area contributed by atoms with Gasteiger partial charge in [-0.15, -0.1) is 0 Å². The van der Waals surface area contributed by atoms with Gasteiger partial charge in [0, 0.05) is 0 Å². The highest BCUT2D eigenvalue weighted by molar-refractivity contribution is 6.09. The van der Waals surface area contributed by atoms with Crippen LogP contribution < -0.4 is 10.6 Å². The van der Waals surface area contributed by atoms with E-state index in [2.05, 4.69) is 10.6 Å². The van der Waals surface area contributed by atoms with E-state index in [0.29, 0.717) is 6.42 Å². The second kappa shape index (κ2) is 6.54. The Kier molecular flexibility index (Phi) is 4.86. The van der Waals surface area contributed by atoms with Crippen LogP contribution in [0.1, 0.15) is 27.2 Å². The number of nitrogens with one attached hydrogen (secondary N) is 2. The lowest BCUT2D eigenvalue weighted by atomic mass is 9.91. The van der Waals surface area contributed by atoms with Crippen molar-refractivity contribution in [2.45, 2.75) is 32.7 Å². The number of benzene rings is 1. The molecule has 2 rings (SSSR count). The standard InChI is InChI=1S/C16H19F2N3O3/c1-9(2)7-16(3)14(23)21(15(24)20-16)8-12(22)19-13-10(17)5-4-6-11(13)18/h4-6,9H,7-8H2,1-3H3,(H,19,22)(H,20,24)/t16-/m0/s1. The highest BCUT2D eigenvalue weighted by Crippen LogP contribution is 2.25. The maximum absolute atomic E-state index is 13.5. The van der Waals surface area contributed by atoms with E-state index in [1.807, 2.05) is 13.8 Å². The first-order valence-corrected chi connectivity index (χ1v) is 7.52. The molecule has 1 aromatic carbocycles. The molecule has 1 aromatic rings. The molecule has 1 aliphatic rings. The van der Waals surface area contributed by atoms with E-state index in [-0.39, 0.29) is 5.92 Å². The molecular weight excluding hydrogens is 320 g/mol. The summed E-state index contributed by atoms with van der Waals surface area (Å²) in [7, 11) is 0. The molecule has 1 heterocycles. The van der Waals surface area contributed by atoms with Crippen molar-refractivity contribution in [1.29, 1.82) is 0 Å². The largest absolute Gasteiger partial charge is 0.325 e. The third-order valence-corrected chi connectivity index (χ3v) is 3.69. The highest BCUT2D eigenvalue weighted by Gasteiger charge is 2.48. The van der Waals surface area contributed by atoms with Crippen LogP contribution in [-0.4, -0.2) is 34.8 Å². The number of hydrogen-bond donors (Lipinski definition) is 2. The van der Waals surface area contributed by atoms with E-state index in [0.717, 1.165) is 23.1 Å². The molecule has 0 aromatic heterocycles. The van der Waals surface area contributed by atoms with Crippen molar-refractivity contribution >= 4 is 23.5 Å². The van der Waals surface area contributed by atoms with Gasteiger partial charge in [0.2, 0.25) is 5.91 Å². The van der Waals surface area contributed by atoms with Gasteiger partial charge in [0.25, 0.3) is 5.91 Å². The van der Waals surface area contributed by atoms with Crippen LogP contribution >= 0.6 is 0 Å². The molecule has 4 amide bonds. The van der Waals surface area contributed by atoms with Gasteiger partial charge < -0.3 is 10.6 Å². The summed E-state index contributed by atoms with van der Waals surface area (Å²) in [6, 6.07) is 2.44. The van der Waals surface area contributed by atoms with Gasteiger partial charge in [-0.3, -0.25) is 14.5 Å². The zero-order chi connectivity index (χ0) is 18.1. The van der Waals surface area contributed by atoms with E-state index in [9.17, 15) is 23.2 Å². The first-order chi connectivity index (χ1) is 11.1. The lowest BCUT2D eigenvalue weighted by Crippen LogP contribution is -2.45. The summed E-state index contributed by atoms with van der Waals surface area (Å²) in [5.41, 5.74) is -1.70. The molecular formula is C16H19F2N3O3. The maximum atomic E-state index is 13.5. The van der Waals surface area contributed by atoms with Crippen LogP contribution in [0.2, 0.25) is 0 Å². The molecule has 0 radical (unpaired) electrons. The molecule has 1 fully saturated rings. The molecule has 0 saturated carbocycles. The van der Waals surface area contributed by atoms with Gasteiger partial charge in [0.15, 0.2) is 0 Å². The predicted molar refractivity (Wildman–Crippen MR) is 83.1 cm³/mol. The lowest BCUT2D eigenvalue weighted by molar-refractivity contribution is -0.133. The summed E-state index contributed by atoms with van der Waals surface area (Å²) in [4.78, 5) is 37.1. The number of imide groups is 1. The Balaban J connectivity index is 2.09. The number of carbonyl (C=O) groups excluding carboxylic acids is 3. The van der Waals surface area contributed by atoms with E-state index in [1.165, 1.54) is 0 Å². The van der Waals surface area contributed by atoms with Gasteiger partial charge in [-0.25, -0.2) is 13.6 Å². The molecule has 0 unspecified atom stereocenters. The fourth-order valence-electron chi connectivity index (χ4n) is 2.79. The van der Waals surface area contributed by atoms with Crippen molar-refractivity contribution in [2.75, 3.05) is 11.9 Å². The summed E-state index contributed by atoms with van der Waals surface area (Å²) in [6.45, 7) is 4.77. The Hall–Kier alpha value is -2.51. The third kappa shape index (κ3) is 3.52. The second-order valence-electron chi connectivity index (χ2n) is 6.40. The Morgan fingerprint density at radius 1 is 1.29 bits per heavy atom. The second-order valence-corrected chi connectivity index (χ2v) is 6.40. The van der Waals surface area contributed by atoms with Gasteiger partial charge in [0.1, 0.15) is 29.4 Å². The van der Waals surface area contributed by atoms with Crippen LogP contribution in [0.25, 0.3) is 0 Å². The van der Waals surface area contributed by atoms with Gasteiger partial charge in [-0.05, 0) is 31.4 Å². The zero-order valence-corrected chi connectivity index (χ0v) is 13.7. The fraction of sp³-hybridized carbons (Fsp3) is 0.438. The van der Waals surface area contributed by atoms with Crippen LogP contribution in [0.3, 0.4) is 0 Å². The maximum Gasteiger partial charge on any atom is 0.325 e. The molecule has 2 N–H and O–H groups in total. The first-order valence-electron chi connectivity index (χ1n) is 7.52. The van der Waals surface area contributed by atoms with Crippen molar-refractivity contribution in [1.82, 2.24) is 10.2 Å². The average molecular weight is 339 g/mol. The number of amides is 4. The Labute approximate surface area is 138 Å². The van der Waals surface area contributed by atoms with E-state index >= 15 is 0 Å². The van der Waals surface area contributed by atoms with Crippen molar-refractivity contribution in [2.24, 2.45) is 5.92 Å². The monoisotopic (exact) mass is 339 g/mol. The van der Waals surface area contributed by atoms with Crippen LogP contribution in [0.4, 0.5) is 19.3 Å². The molecule has 1 atom stereocenters. The van der Waals surface area contributed by atoms with Crippen molar-refractivity contribution in [3.05, 3.63) is 29.8 Å². The van der Waals surface area contributed by atoms with Crippen LogP contribution in [-0.2, 0) is 9.59 Å². The molecule has 0 bridgehead atoms. The zero-order valence-electron chi connectivity index (χ0n) is 13.7. The average Bonchev–Trinajstić information content (AvgIpc) is 2.65. The van der Waals surface area contributed by atoms with Crippen LogP contribution in [0.5, 0.6) is 0 Å². The van der Waals surface area contributed by atoms with E-state index in [1.54, 1.807) is 6.92 Å². The molecule has 6 nitrogen and oxygen atoms in total. The number of carbonyl (C=O) groups is 3. The summed E-state index contributed by atoms with van der Waals surface area (Å²) < 4.78 is 27.1. The minimum absolute atomic E-state index is 0.153. The normalized spacial score (nSPS) is 20.5. The SMILES string of the molecule is CC(C)C[C@]1(C)NC(=O)N(CC(=O)Nc2c(F)cccc2F)C1=O. The number of urea groups is 1. The number of anilines is 1. The molecule has 0 aliphatic carbocycles. The summed E-state index contributed by atoms with van der Waals surface area (Å²) in [5, 5.41) is 4.61. The molecule has 130 valence electrons. The Morgan fingerprint density at radius 2 is 1.88 bits per heavy atom. The number of halogens is 2. The molecule has 8 heteroatoms. The van der Waals surface area contributed by atoms with Gasteiger partial charge in [0.05, 0.1) is 0 Å². The van der Waals surface area contributed by atoms with Gasteiger partial charge in [-0.2, -0.15) is 0 Å². The Bertz CT molecular complexity index is 673. The third-order valence-electron chi connectivity index (χ3n) is 3.69. The number of hydrogen-bond acceptors (Lipinski definition) is 3. The summed E-state index contributed by atoms with van der Waals surface area (Å²) in [5.74, 6) is -3.13. The molecule has 1 aliphatic heterocycles. The minimum atomic E-state index is -1.09. The molecule has 24 heavy (non-hydrogen) atoms. The van der Waals surface area contributed by atoms with E-state index in [4.69, 9.17) is 0 Å². The topological polar surface area (TPSA) is 78.5 Å². The Morgan fingerprint density at radius 3 is 2.42 bits per heavy atom. The highest BCUT2D eigenvalue weighted by atomic mass is 19.1. The van der Waals surface area contributed by atoms with Crippen molar-refractivity contribution in [3.63, 3.8) is 0 Å². The molecule has 0 spiro atoms. The molecule has 1 saturated heterocycles. The number of nitrogens with zero attached hydrogens (tertiary/aromatic N) is 1. The fourth-order valence-corrected chi connectivity index (χ4v) is 2.79. The number of para-hydroxylation sites is 1. The number of rotatable bonds is 5. The lowest BCUT2D eigenvalue weighted by Gasteiger charge is -2.23. The van der Waals surface area contributed by atoms with Crippen LogP contribution in [0.15, 0.2) is 18.2 Å². The van der Waals surface area contributed by atoms with Crippen molar-refractivity contribution < 1.29 is 23.2 Å². The van der Waals surface area contributed by atoms with Crippen molar-refractivity contribution in [3.8, 4) is 0 Å². The first kappa shape index (κ1) is 17.8. The minimum Gasteiger partial charge on any atom is -0.323 e. The summed E-state index contributed by atoms with van der Waals surface area (Å²) >= 11 is 0. The summed E-state index contributed by atoms with van der Waals surface area (Å²) in [6.07, 6.45) is 0.414. The predicted octanol–water partition coefficient (Wildman–Crippen LogP) is 2.26. The van der Waals surface area contributed by atoms with E-state index < -0.39 is 47.3 Å². The smallest absolute Gasteiger partial charge is 0.323 e. The quantitative estimate of drug-likeness (QED) is 0.808. The van der Waals surface area contributed by atoms with Crippen LogP contribution in [0, 0.1) is 17.6 Å². The van der Waals surface area contributed by atoms with Gasteiger partial charge in [-0.1, -0.05) is 19.9 Å².